The Labute approximate surface area is 159 Å². The molecule has 0 fully saturated rings. The molecule has 0 aliphatic rings. The molecule has 0 heterocycles. The number of rotatable bonds is 9. The lowest BCUT2D eigenvalue weighted by Crippen LogP contribution is -2.31. The number of benzene rings is 2. The fourth-order valence-corrected chi connectivity index (χ4v) is 2.32. The van der Waals surface area contributed by atoms with E-state index in [1.54, 1.807) is 0 Å². The van der Waals surface area contributed by atoms with Gasteiger partial charge in [-0.25, -0.2) is 5.43 Å². The second-order valence-corrected chi connectivity index (χ2v) is 6.29. The van der Waals surface area contributed by atoms with Gasteiger partial charge in [0.05, 0.1) is 12.3 Å². The Kier molecular flexibility index (Phi) is 8.03. The molecular formula is C21H25N3O3. The lowest BCUT2D eigenvalue weighted by Gasteiger charge is -2.09. The van der Waals surface area contributed by atoms with E-state index in [0.717, 1.165) is 23.3 Å². The quantitative estimate of drug-likeness (QED) is 0.406. The van der Waals surface area contributed by atoms with Crippen molar-refractivity contribution in [3.05, 3.63) is 65.7 Å². The summed E-state index contributed by atoms with van der Waals surface area (Å²) < 4.78 is 5.56. The summed E-state index contributed by atoms with van der Waals surface area (Å²) in [6, 6.07) is 17.2. The number of amides is 2. The molecular weight excluding hydrogens is 342 g/mol. The van der Waals surface area contributed by atoms with Crippen LogP contribution < -0.4 is 15.5 Å². The summed E-state index contributed by atoms with van der Waals surface area (Å²) in [6.45, 7) is 4.41. The summed E-state index contributed by atoms with van der Waals surface area (Å²) in [5.74, 6) is -0.00426. The van der Waals surface area contributed by atoms with Gasteiger partial charge in [-0.3, -0.25) is 9.59 Å². The Morgan fingerprint density at radius 1 is 1.04 bits per heavy atom. The van der Waals surface area contributed by atoms with Crippen LogP contribution in [0.2, 0.25) is 0 Å². The van der Waals surface area contributed by atoms with Crippen LogP contribution >= 0.6 is 0 Å². The van der Waals surface area contributed by atoms with Crippen LogP contribution in [0.25, 0.3) is 0 Å². The monoisotopic (exact) mass is 367 g/mol. The maximum absolute atomic E-state index is 11.8. The molecule has 2 rings (SSSR count). The first kappa shape index (κ1) is 20.2. The maximum Gasteiger partial charge on any atom is 0.249 e. The maximum atomic E-state index is 11.8. The van der Waals surface area contributed by atoms with Gasteiger partial charge in [-0.1, -0.05) is 30.3 Å². The van der Waals surface area contributed by atoms with Gasteiger partial charge < -0.3 is 10.1 Å². The molecule has 0 saturated carbocycles. The minimum absolute atomic E-state index is 0.114. The van der Waals surface area contributed by atoms with Gasteiger partial charge in [-0.2, -0.15) is 5.10 Å². The summed E-state index contributed by atoms with van der Waals surface area (Å²) in [4.78, 5) is 23.5. The summed E-state index contributed by atoms with van der Waals surface area (Å²) in [6.07, 6.45) is 2.10. The van der Waals surface area contributed by atoms with Gasteiger partial charge in [-0.15, -0.1) is 0 Å². The second kappa shape index (κ2) is 10.8. The molecule has 2 aromatic carbocycles. The van der Waals surface area contributed by atoms with Crippen LogP contribution in [-0.2, 0) is 16.0 Å². The van der Waals surface area contributed by atoms with E-state index in [1.165, 1.54) is 6.21 Å². The molecule has 2 amide bonds. The predicted molar refractivity (Wildman–Crippen MR) is 106 cm³/mol. The van der Waals surface area contributed by atoms with Gasteiger partial charge >= 0.3 is 0 Å². The second-order valence-electron chi connectivity index (χ2n) is 6.29. The smallest absolute Gasteiger partial charge is 0.249 e. The molecule has 0 radical (unpaired) electrons. The predicted octanol–water partition coefficient (Wildman–Crippen LogP) is 2.67. The van der Waals surface area contributed by atoms with Gasteiger partial charge in [0.15, 0.2) is 0 Å². The van der Waals surface area contributed by atoms with Crippen LogP contribution in [0.5, 0.6) is 5.75 Å². The molecule has 6 nitrogen and oxygen atoms in total. The Balaban J connectivity index is 1.67. The molecule has 0 atom stereocenters. The van der Waals surface area contributed by atoms with Crippen molar-refractivity contribution in [2.75, 3.05) is 6.54 Å². The standard InChI is InChI=1S/C21H25N3O3/c1-16(2)27-19-10-8-18(9-11-19)15-23-24-21(26)14-20(25)22-13-12-17-6-4-3-5-7-17/h3-11,15-16H,12-14H2,1-2H3,(H,22,25)(H,24,26)/b23-15-. The number of carbonyl (C=O) groups excluding carboxylic acids is 2. The van der Waals surface area contributed by atoms with E-state index < -0.39 is 5.91 Å². The largest absolute Gasteiger partial charge is 0.491 e. The van der Waals surface area contributed by atoms with Crippen molar-refractivity contribution in [2.24, 2.45) is 5.10 Å². The third kappa shape index (κ3) is 8.18. The molecule has 27 heavy (non-hydrogen) atoms. The molecule has 0 aromatic heterocycles. The molecule has 2 N–H and O–H groups in total. The normalized spacial score (nSPS) is 10.8. The van der Waals surface area contributed by atoms with Crippen LogP contribution in [0.3, 0.4) is 0 Å². The highest BCUT2D eigenvalue weighted by Crippen LogP contribution is 2.12. The highest BCUT2D eigenvalue weighted by Gasteiger charge is 2.07. The van der Waals surface area contributed by atoms with Crippen LogP contribution in [0.1, 0.15) is 31.4 Å². The Morgan fingerprint density at radius 3 is 2.41 bits per heavy atom. The van der Waals surface area contributed by atoms with Crippen LogP contribution in [0.4, 0.5) is 0 Å². The third-order valence-electron chi connectivity index (χ3n) is 3.55. The van der Waals surface area contributed by atoms with Crippen molar-refractivity contribution < 1.29 is 14.3 Å². The molecule has 142 valence electrons. The zero-order chi connectivity index (χ0) is 19.5. The van der Waals surface area contributed by atoms with E-state index in [9.17, 15) is 9.59 Å². The van der Waals surface area contributed by atoms with E-state index in [2.05, 4.69) is 15.8 Å². The van der Waals surface area contributed by atoms with Crippen molar-refractivity contribution in [3.8, 4) is 5.75 Å². The van der Waals surface area contributed by atoms with E-state index >= 15 is 0 Å². The first-order valence-corrected chi connectivity index (χ1v) is 8.92. The molecule has 0 unspecified atom stereocenters. The van der Waals surface area contributed by atoms with Gasteiger partial charge in [-0.05, 0) is 55.7 Å². The summed E-state index contributed by atoms with van der Waals surface area (Å²) in [5, 5.41) is 6.59. The zero-order valence-electron chi connectivity index (χ0n) is 15.6. The number of nitrogens with zero attached hydrogens (tertiary/aromatic N) is 1. The SMILES string of the molecule is CC(C)Oc1ccc(/C=N\NC(=O)CC(=O)NCCc2ccccc2)cc1. The Bertz CT molecular complexity index is 756. The van der Waals surface area contributed by atoms with Crippen molar-refractivity contribution >= 4 is 18.0 Å². The van der Waals surface area contributed by atoms with E-state index in [4.69, 9.17) is 4.74 Å². The average molecular weight is 367 g/mol. The number of hydrazone groups is 1. The highest BCUT2D eigenvalue weighted by molar-refractivity contribution is 5.97. The molecule has 0 saturated heterocycles. The van der Waals surface area contributed by atoms with Crippen molar-refractivity contribution in [1.29, 1.82) is 0 Å². The van der Waals surface area contributed by atoms with Gasteiger partial charge in [0.25, 0.3) is 0 Å². The minimum atomic E-state index is -0.455. The Morgan fingerprint density at radius 2 is 1.74 bits per heavy atom. The van der Waals surface area contributed by atoms with Crippen LogP contribution in [0, 0.1) is 0 Å². The minimum Gasteiger partial charge on any atom is -0.491 e. The number of nitrogens with one attached hydrogen (secondary N) is 2. The summed E-state index contributed by atoms with van der Waals surface area (Å²) in [7, 11) is 0. The first-order chi connectivity index (χ1) is 13.0. The van der Waals surface area contributed by atoms with Gasteiger partial charge in [0, 0.05) is 6.54 Å². The molecule has 0 bridgehead atoms. The number of ether oxygens (including phenoxy) is 1. The molecule has 0 spiro atoms. The molecule has 0 aliphatic carbocycles. The van der Waals surface area contributed by atoms with E-state index in [0.29, 0.717) is 6.54 Å². The van der Waals surface area contributed by atoms with Crippen LogP contribution in [-0.4, -0.2) is 30.7 Å². The number of carbonyl (C=O) groups is 2. The average Bonchev–Trinajstić information content (AvgIpc) is 2.63. The van der Waals surface area contributed by atoms with Crippen LogP contribution in [0.15, 0.2) is 59.7 Å². The molecule has 6 heteroatoms. The topological polar surface area (TPSA) is 79.8 Å². The molecule has 0 aliphatic heterocycles. The third-order valence-corrected chi connectivity index (χ3v) is 3.55. The molecule has 2 aromatic rings. The van der Waals surface area contributed by atoms with Crippen molar-refractivity contribution in [2.45, 2.75) is 32.8 Å². The zero-order valence-corrected chi connectivity index (χ0v) is 15.6. The van der Waals surface area contributed by atoms with Crippen molar-refractivity contribution in [1.82, 2.24) is 10.7 Å². The lowest BCUT2D eigenvalue weighted by atomic mass is 10.1. The lowest BCUT2D eigenvalue weighted by molar-refractivity contribution is -0.129. The Hall–Kier alpha value is -3.15. The van der Waals surface area contributed by atoms with E-state index in [-0.39, 0.29) is 18.4 Å². The fraction of sp³-hybridized carbons (Fsp3) is 0.286. The number of hydrogen-bond donors (Lipinski definition) is 2. The first-order valence-electron chi connectivity index (χ1n) is 8.92. The number of hydrogen-bond acceptors (Lipinski definition) is 4. The summed E-state index contributed by atoms with van der Waals surface area (Å²) >= 11 is 0. The van der Waals surface area contributed by atoms with E-state index in [1.807, 2.05) is 68.4 Å². The fourth-order valence-electron chi connectivity index (χ4n) is 2.32. The van der Waals surface area contributed by atoms with Crippen molar-refractivity contribution in [3.63, 3.8) is 0 Å². The van der Waals surface area contributed by atoms with Gasteiger partial charge in [0.1, 0.15) is 12.2 Å². The van der Waals surface area contributed by atoms with Gasteiger partial charge in [0.2, 0.25) is 11.8 Å². The summed E-state index contributed by atoms with van der Waals surface area (Å²) in [5.41, 5.74) is 4.31. The highest BCUT2D eigenvalue weighted by atomic mass is 16.5.